The van der Waals surface area contributed by atoms with Crippen molar-refractivity contribution < 1.29 is 19.1 Å². The molecule has 0 aliphatic rings. The molecule has 4 nitrogen and oxygen atoms in total. The van der Waals surface area contributed by atoms with Crippen molar-refractivity contribution in [1.29, 1.82) is 0 Å². The summed E-state index contributed by atoms with van der Waals surface area (Å²) in [5.74, 6) is 0.633. The lowest BCUT2D eigenvalue weighted by Gasteiger charge is -2.16. The Morgan fingerprint density at radius 3 is 2.15 bits per heavy atom. The summed E-state index contributed by atoms with van der Waals surface area (Å²) in [5.41, 5.74) is 0. The van der Waals surface area contributed by atoms with Crippen LogP contribution in [0.5, 0.6) is 5.75 Å². The number of hydrogen-bond acceptors (Lipinski definition) is 3. The van der Waals surface area contributed by atoms with E-state index in [1.807, 2.05) is 0 Å². The minimum absolute atomic E-state index is 0.0826. The standard InChI is InChI=1S/C15H25O4P/c1-2-3-4-5-6-7-8-13-19-14-9-11-15(12-10-14)20(16,17)18/h9-12H,2-8,13H2,1H3,(H2,16,17,18)/p-1. The average molecular weight is 299 g/mol. The van der Waals surface area contributed by atoms with Gasteiger partial charge in [-0.2, -0.15) is 0 Å². The van der Waals surface area contributed by atoms with Gasteiger partial charge in [-0.05, 0) is 30.7 Å². The predicted octanol–water partition coefficient (Wildman–Crippen LogP) is 2.99. The van der Waals surface area contributed by atoms with Crippen molar-refractivity contribution in [2.75, 3.05) is 6.61 Å². The summed E-state index contributed by atoms with van der Waals surface area (Å²) in [5, 5.41) is -0.0826. The highest BCUT2D eigenvalue weighted by Crippen LogP contribution is 2.28. The molecule has 1 unspecified atom stereocenters. The fourth-order valence-electron chi connectivity index (χ4n) is 1.98. The van der Waals surface area contributed by atoms with Gasteiger partial charge in [0.15, 0.2) is 7.60 Å². The van der Waals surface area contributed by atoms with E-state index in [4.69, 9.17) is 9.63 Å². The molecule has 0 heterocycles. The smallest absolute Gasteiger partial charge is 0.162 e. The molecule has 1 N–H and O–H groups in total. The van der Waals surface area contributed by atoms with Crippen LogP contribution in [0, 0.1) is 0 Å². The van der Waals surface area contributed by atoms with Gasteiger partial charge in [0.2, 0.25) is 0 Å². The van der Waals surface area contributed by atoms with Gasteiger partial charge in [0.25, 0.3) is 0 Å². The maximum atomic E-state index is 10.9. The molecular formula is C15H24O4P-. The van der Waals surface area contributed by atoms with Crippen LogP contribution in [0.2, 0.25) is 0 Å². The molecule has 0 aliphatic heterocycles. The average Bonchev–Trinajstić information content (AvgIpc) is 2.41. The van der Waals surface area contributed by atoms with Crippen molar-refractivity contribution in [2.24, 2.45) is 0 Å². The summed E-state index contributed by atoms with van der Waals surface area (Å²) >= 11 is 0. The highest BCUT2D eigenvalue weighted by Gasteiger charge is 2.05. The van der Waals surface area contributed by atoms with E-state index in [1.54, 1.807) is 12.1 Å². The maximum absolute atomic E-state index is 10.9. The normalized spacial score (nSPS) is 13.9. The summed E-state index contributed by atoms with van der Waals surface area (Å²) in [7, 11) is -4.39. The minimum Gasteiger partial charge on any atom is -0.775 e. The van der Waals surface area contributed by atoms with Crippen LogP contribution >= 0.6 is 7.60 Å². The monoisotopic (exact) mass is 299 g/mol. The first-order valence-corrected chi connectivity index (χ1v) is 8.89. The molecule has 20 heavy (non-hydrogen) atoms. The predicted molar refractivity (Wildman–Crippen MR) is 79.4 cm³/mol. The van der Waals surface area contributed by atoms with Gasteiger partial charge in [-0.3, -0.25) is 0 Å². The van der Waals surface area contributed by atoms with Crippen LogP contribution in [0.3, 0.4) is 0 Å². The van der Waals surface area contributed by atoms with Crippen LogP contribution in [0.4, 0.5) is 0 Å². The largest absolute Gasteiger partial charge is 0.775 e. The van der Waals surface area contributed by atoms with Crippen LogP contribution in [0.1, 0.15) is 51.9 Å². The Balaban J connectivity index is 2.15. The molecular weight excluding hydrogens is 275 g/mol. The summed E-state index contributed by atoms with van der Waals surface area (Å²) in [6.45, 7) is 2.85. The maximum Gasteiger partial charge on any atom is 0.162 e. The molecule has 1 aromatic rings. The second-order valence-electron chi connectivity index (χ2n) is 4.98. The number of rotatable bonds is 10. The van der Waals surface area contributed by atoms with E-state index in [0.717, 1.165) is 12.8 Å². The van der Waals surface area contributed by atoms with Gasteiger partial charge < -0.3 is 19.1 Å². The molecule has 5 heteroatoms. The highest BCUT2D eigenvalue weighted by atomic mass is 31.2. The molecule has 0 aromatic heterocycles. The number of benzene rings is 1. The third-order valence-electron chi connectivity index (χ3n) is 3.18. The first-order chi connectivity index (χ1) is 9.54. The minimum atomic E-state index is -4.39. The first kappa shape index (κ1) is 17.2. The number of hydrogen-bond donors (Lipinski definition) is 1. The van der Waals surface area contributed by atoms with Gasteiger partial charge in [0.1, 0.15) is 5.75 Å². The van der Waals surface area contributed by atoms with Crippen molar-refractivity contribution in [3.63, 3.8) is 0 Å². The highest BCUT2D eigenvalue weighted by molar-refractivity contribution is 7.58. The van der Waals surface area contributed by atoms with Gasteiger partial charge in [0, 0.05) is 5.30 Å². The molecule has 0 saturated heterocycles. The zero-order chi connectivity index (χ0) is 14.8. The van der Waals surface area contributed by atoms with E-state index in [1.165, 1.54) is 44.2 Å². The van der Waals surface area contributed by atoms with E-state index >= 15 is 0 Å². The summed E-state index contributed by atoms with van der Waals surface area (Å²) in [4.78, 5) is 19.8. The summed E-state index contributed by atoms with van der Waals surface area (Å²) < 4.78 is 16.4. The summed E-state index contributed by atoms with van der Waals surface area (Å²) in [6, 6.07) is 5.84. The fourth-order valence-corrected chi connectivity index (χ4v) is 2.51. The Bertz CT molecular complexity index is 410. The Labute approximate surface area is 121 Å². The SMILES string of the molecule is CCCCCCCCCOc1ccc(P(=O)([O-])O)cc1. The fraction of sp³-hybridized carbons (Fsp3) is 0.600. The molecule has 0 aliphatic carbocycles. The van der Waals surface area contributed by atoms with Crippen molar-refractivity contribution in [3.8, 4) is 5.75 Å². The molecule has 0 amide bonds. The molecule has 1 rings (SSSR count). The number of ether oxygens (including phenoxy) is 1. The van der Waals surface area contributed by atoms with Crippen molar-refractivity contribution >= 4 is 12.9 Å². The topological polar surface area (TPSA) is 69.6 Å². The first-order valence-electron chi connectivity index (χ1n) is 7.31. The molecule has 0 radical (unpaired) electrons. The molecule has 1 aromatic carbocycles. The zero-order valence-corrected chi connectivity index (χ0v) is 13.0. The van der Waals surface area contributed by atoms with E-state index in [0.29, 0.717) is 12.4 Å². The second-order valence-corrected chi connectivity index (χ2v) is 6.54. The van der Waals surface area contributed by atoms with Gasteiger partial charge in [-0.25, -0.2) is 0 Å². The second kappa shape index (κ2) is 9.17. The Kier molecular flexibility index (Phi) is 7.90. The third-order valence-corrected chi connectivity index (χ3v) is 4.13. The van der Waals surface area contributed by atoms with Gasteiger partial charge >= 0.3 is 0 Å². The van der Waals surface area contributed by atoms with Crippen LogP contribution in [-0.4, -0.2) is 11.5 Å². The van der Waals surface area contributed by atoms with Crippen LogP contribution in [-0.2, 0) is 4.57 Å². The Morgan fingerprint density at radius 1 is 1.05 bits per heavy atom. The zero-order valence-electron chi connectivity index (χ0n) is 12.1. The lowest BCUT2D eigenvalue weighted by atomic mass is 10.1. The van der Waals surface area contributed by atoms with Gasteiger partial charge in [-0.15, -0.1) is 0 Å². The lowest BCUT2D eigenvalue weighted by molar-refractivity contribution is -0.188. The van der Waals surface area contributed by atoms with Crippen molar-refractivity contribution in [2.45, 2.75) is 51.9 Å². The van der Waals surface area contributed by atoms with Gasteiger partial charge in [0.05, 0.1) is 6.61 Å². The molecule has 114 valence electrons. The van der Waals surface area contributed by atoms with E-state index < -0.39 is 7.60 Å². The molecule has 0 fully saturated rings. The quantitative estimate of drug-likeness (QED) is 0.532. The lowest BCUT2D eigenvalue weighted by Crippen LogP contribution is -2.13. The van der Waals surface area contributed by atoms with E-state index in [-0.39, 0.29) is 5.30 Å². The van der Waals surface area contributed by atoms with Crippen molar-refractivity contribution in [1.82, 2.24) is 0 Å². The van der Waals surface area contributed by atoms with Crippen LogP contribution in [0.15, 0.2) is 24.3 Å². The summed E-state index contributed by atoms with van der Waals surface area (Å²) in [6.07, 6.45) is 8.60. The molecule has 0 bridgehead atoms. The van der Waals surface area contributed by atoms with E-state index in [9.17, 15) is 9.46 Å². The molecule has 0 saturated carbocycles. The van der Waals surface area contributed by atoms with E-state index in [2.05, 4.69) is 6.92 Å². The van der Waals surface area contributed by atoms with Crippen molar-refractivity contribution in [3.05, 3.63) is 24.3 Å². The molecule has 1 atom stereocenters. The molecule has 0 spiro atoms. The van der Waals surface area contributed by atoms with Crippen LogP contribution < -0.4 is 14.9 Å². The Morgan fingerprint density at radius 2 is 1.60 bits per heavy atom. The Hall–Kier alpha value is -0.830. The number of unbranched alkanes of at least 4 members (excludes halogenated alkanes) is 6. The third kappa shape index (κ3) is 7.09. The van der Waals surface area contributed by atoms with Crippen LogP contribution in [0.25, 0.3) is 0 Å². The van der Waals surface area contributed by atoms with Gasteiger partial charge in [-0.1, -0.05) is 45.4 Å².